The standard InChI is InChI=1S/C24H16Cl3N3O3/c1-13-5-8-16(9-6-13)29-22(31)14-3-2-4-17(11-14)28-21-20(27)23(32)30(24(21)33)19-10-7-15(25)12-18(19)26/h2-12,28H,1H3,(H,29,31). The minimum absolute atomic E-state index is 0.122. The van der Waals surface area contributed by atoms with E-state index in [2.05, 4.69) is 10.6 Å². The average molecular weight is 501 g/mol. The molecule has 0 spiro atoms. The Kier molecular flexibility index (Phi) is 6.42. The van der Waals surface area contributed by atoms with Crippen LogP contribution in [0, 0.1) is 6.92 Å². The van der Waals surface area contributed by atoms with Crippen LogP contribution in [0.5, 0.6) is 0 Å². The first kappa shape index (κ1) is 22.9. The highest BCUT2D eigenvalue weighted by Gasteiger charge is 2.39. The molecule has 0 saturated carbocycles. The second-order valence-corrected chi connectivity index (χ2v) is 8.48. The highest BCUT2D eigenvalue weighted by Crippen LogP contribution is 2.35. The van der Waals surface area contributed by atoms with Crippen molar-refractivity contribution < 1.29 is 14.4 Å². The van der Waals surface area contributed by atoms with Crippen molar-refractivity contribution in [3.8, 4) is 0 Å². The molecule has 9 heteroatoms. The summed E-state index contributed by atoms with van der Waals surface area (Å²) in [5.74, 6) is -1.73. The average Bonchev–Trinajstić information content (AvgIpc) is 2.99. The first-order valence-electron chi connectivity index (χ1n) is 9.73. The Morgan fingerprint density at radius 3 is 2.27 bits per heavy atom. The lowest BCUT2D eigenvalue weighted by Crippen LogP contribution is -2.32. The van der Waals surface area contributed by atoms with Gasteiger partial charge in [0.2, 0.25) is 0 Å². The van der Waals surface area contributed by atoms with E-state index in [1.54, 1.807) is 36.4 Å². The Labute approximate surface area is 204 Å². The van der Waals surface area contributed by atoms with E-state index in [1.807, 2.05) is 19.1 Å². The fourth-order valence-electron chi connectivity index (χ4n) is 3.22. The highest BCUT2D eigenvalue weighted by atomic mass is 35.5. The molecule has 2 N–H and O–H groups in total. The number of aryl methyl sites for hydroxylation is 1. The Balaban J connectivity index is 1.55. The van der Waals surface area contributed by atoms with E-state index in [-0.39, 0.29) is 27.3 Å². The first-order valence-corrected chi connectivity index (χ1v) is 10.9. The molecule has 1 aliphatic heterocycles. The summed E-state index contributed by atoms with van der Waals surface area (Å²) in [4.78, 5) is 39.2. The van der Waals surface area contributed by atoms with Crippen LogP contribution in [0.3, 0.4) is 0 Å². The summed E-state index contributed by atoms with van der Waals surface area (Å²) < 4.78 is 0. The zero-order valence-electron chi connectivity index (χ0n) is 17.2. The molecule has 33 heavy (non-hydrogen) atoms. The summed E-state index contributed by atoms with van der Waals surface area (Å²) in [6, 6.07) is 18.3. The number of benzene rings is 3. The predicted octanol–water partition coefficient (Wildman–Crippen LogP) is 5.99. The van der Waals surface area contributed by atoms with Crippen LogP contribution in [-0.4, -0.2) is 17.7 Å². The first-order chi connectivity index (χ1) is 15.7. The van der Waals surface area contributed by atoms with Crippen molar-refractivity contribution in [3.63, 3.8) is 0 Å². The van der Waals surface area contributed by atoms with Gasteiger partial charge >= 0.3 is 0 Å². The lowest BCUT2D eigenvalue weighted by atomic mass is 10.1. The van der Waals surface area contributed by atoms with E-state index < -0.39 is 11.8 Å². The Morgan fingerprint density at radius 1 is 0.848 bits per heavy atom. The van der Waals surface area contributed by atoms with Crippen molar-refractivity contribution in [1.82, 2.24) is 0 Å². The number of hydrogen-bond donors (Lipinski definition) is 2. The van der Waals surface area contributed by atoms with E-state index in [9.17, 15) is 14.4 Å². The van der Waals surface area contributed by atoms with Crippen molar-refractivity contribution >= 4 is 69.6 Å². The van der Waals surface area contributed by atoms with E-state index in [4.69, 9.17) is 34.8 Å². The van der Waals surface area contributed by atoms with Gasteiger partial charge in [-0.15, -0.1) is 0 Å². The molecule has 1 heterocycles. The topological polar surface area (TPSA) is 78.5 Å². The Morgan fingerprint density at radius 2 is 1.58 bits per heavy atom. The fraction of sp³-hybridized carbons (Fsp3) is 0.0417. The normalized spacial score (nSPS) is 13.5. The van der Waals surface area contributed by atoms with E-state index in [0.29, 0.717) is 22.0 Å². The number of carbonyl (C=O) groups is 3. The highest BCUT2D eigenvalue weighted by molar-refractivity contribution is 6.54. The number of imide groups is 1. The van der Waals surface area contributed by atoms with Crippen molar-refractivity contribution in [1.29, 1.82) is 0 Å². The third-order valence-corrected chi connectivity index (χ3v) is 5.77. The molecule has 0 bridgehead atoms. The zero-order chi connectivity index (χ0) is 23.7. The minimum Gasteiger partial charge on any atom is -0.350 e. The van der Waals surface area contributed by atoms with Crippen molar-refractivity contribution in [2.45, 2.75) is 6.92 Å². The molecule has 0 aromatic heterocycles. The molecule has 1 aliphatic rings. The molecule has 3 amide bonds. The van der Waals surface area contributed by atoms with Gasteiger partial charge in [-0.1, -0.05) is 58.6 Å². The van der Waals surface area contributed by atoms with Gasteiger partial charge < -0.3 is 10.6 Å². The van der Waals surface area contributed by atoms with Gasteiger partial charge in [-0.2, -0.15) is 0 Å². The molecule has 0 radical (unpaired) electrons. The number of nitrogens with one attached hydrogen (secondary N) is 2. The largest absolute Gasteiger partial charge is 0.350 e. The lowest BCUT2D eigenvalue weighted by Gasteiger charge is -2.16. The van der Waals surface area contributed by atoms with Crippen LogP contribution in [0.25, 0.3) is 0 Å². The minimum atomic E-state index is -0.721. The van der Waals surface area contributed by atoms with Gasteiger partial charge in [-0.05, 0) is 55.5 Å². The summed E-state index contributed by atoms with van der Waals surface area (Å²) in [7, 11) is 0. The Hall–Kier alpha value is -3.32. The van der Waals surface area contributed by atoms with Crippen LogP contribution in [0.2, 0.25) is 10.0 Å². The van der Waals surface area contributed by atoms with Crippen LogP contribution < -0.4 is 15.5 Å². The van der Waals surface area contributed by atoms with Crippen LogP contribution in [0.4, 0.5) is 17.1 Å². The summed E-state index contributed by atoms with van der Waals surface area (Å²) in [5, 5.41) is 5.87. The zero-order valence-corrected chi connectivity index (χ0v) is 19.4. The monoisotopic (exact) mass is 499 g/mol. The van der Waals surface area contributed by atoms with E-state index in [1.165, 1.54) is 18.2 Å². The van der Waals surface area contributed by atoms with Gasteiger partial charge in [0.25, 0.3) is 17.7 Å². The quantitative estimate of drug-likeness (QED) is 0.422. The second-order valence-electron chi connectivity index (χ2n) is 7.26. The van der Waals surface area contributed by atoms with Crippen LogP contribution in [0.15, 0.2) is 77.5 Å². The van der Waals surface area contributed by atoms with E-state index >= 15 is 0 Å². The number of rotatable bonds is 5. The number of carbonyl (C=O) groups excluding carboxylic acids is 3. The summed E-state index contributed by atoms with van der Waals surface area (Å²) in [6.45, 7) is 1.96. The van der Waals surface area contributed by atoms with Crippen molar-refractivity contribution in [2.24, 2.45) is 0 Å². The smallest absolute Gasteiger partial charge is 0.283 e. The van der Waals surface area contributed by atoms with Gasteiger partial charge in [0, 0.05) is 22.0 Å². The third kappa shape index (κ3) is 4.73. The molecule has 4 rings (SSSR count). The third-order valence-electron chi connectivity index (χ3n) is 4.88. The molecular formula is C24H16Cl3N3O3. The maximum atomic E-state index is 13.0. The molecule has 0 aliphatic carbocycles. The lowest BCUT2D eigenvalue weighted by molar-refractivity contribution is -0.120. The molecule has 0 atom stereocenters. The summed E-state index contributed by atoms with van der Waals surface area (Å²) in [6.07, 6.45) is 0. The molecular weight excluding hydrogens is 485 g/mol. The fourth-order valence-corrected chi connectivity index (χ4v) is 3.92. The molecule has 3 aromatic carbocycles. The van der Waals surface area contributed by atoms with Crippen LogP contribution in [-0.2, 0) is 9.59 Å². The number of anilines is 3. The number of nitrogens with zero attached hydrogens (tertiary/aromatic N) is 1. The number of hydrogen-bond acceptors (Lipinski definition) is 4. The van der Waals surface area contributed by atoms with Gasteiger partial charge in [0.1, 0.15) is 10.7 Å². The van der Waals surface area contributed by atoms with Crippen LogP contribution in [0.1, 0.15) is 15.9 Å². The SMILES string of the molecule is Cc1ccc(NC(=O)c2cccc(NC3=C(Cl)C(=O)N(c4ccc(Cl)cc4Cl)C3=O)c2)cc1. The second kappa shape index (κ2) is 9.27. The number of amides is 3. The van der Waals surface area contributed by atoms with E-state index in [0.717, 1.165) is 10.5 Å². The molecule has 0 saturated heterocycles. The summed E-state index contributed by atoms with van der Waals surface area (Å²) >= 11 is 18.3. The van der Waals surface area contributed by atoms with Gasteiger partial charge in [0.05, 0.1) is 10.7 Å². The maximum Gasteiger partial charge on any atom is 0.283 e. The molecule has 0 fully saturated rings. The molecule has 3 aromatic rings. The number of halogens is 3. The van der Waals surface area contributed by atoms with Crippen molar-refractivity contribution in [3.05, 3.63) is 98.6 Å². The maximum absolute atomic E-state index is 13.0. The van der Waals surface area contributed by atoms with Crippen LogP contribution >= 0.6 is 34.8 Å². The summed E-state index contributed by atoms with van der Waals surface area (Å²) in [5.41, 5.74) is 2.54. The molecule has 0 unspecified atom stereocenters. The van der Waals surface area contributed by atoms with Gasteiger partial charge in [-0.25, -0.2) is 4.90 Å². The van der Waals surface area contributed by atoms with Gasteiger partial charge in [0.15, 0.2) is 0 Å². The van der Waals surface area contributed by atoms with Crippen molar-refractivity contribution in [2.75, 3.05) is 15.5 Å². The molecule has 6 nitrogen and oxygen atoms in total. The Bertz CT molecular complexity index is 1320. The molecule has 166 valence electrons. The predicted molar refractivity (Wildman–Crippen MR) is 131 cm³/mol. The van der Waals surface area contributed by atoms with Gasteiger partial charge in [-0.3, -0.25) is 14.4 Å².